The lowest BCUT2D eigenvalue weighted by molar-refractivity contribution is -0.119. The third kappa shape index (κ3) is 5.72. The average molecular weight is 555 g/mol. The van der Waals surface area contributed by atoms with Gasteiger partial charge in [-0.25, -0.2) is 13.8 Å². The van der Waals surface area contributed by atoms with E-state index in [9.17, 15) is 13.2 Å². The number of hydrogen-bond acceptors (Lipinski definition) is 4. The number of nitrogens with one attached hydrogen (secondary N) is 1. The highest BCUT2D eigenvalue weighted by atomic mass is 35.5. The van der Waals surface area contributed by atoms with Gasteiger partial charge in [0.2, 0.25) is 0 Å². The molecule has 37 heavy (non-hydrogen) atoms. The van der Waals surface area contributed by atoms with E-state index in [0.717, 1.165) is 26.9 Å². The van der Waals surface area contributed by atoms with Crippen LogP contribution in [0.1, 0.15) is 17.0 Å². The second kappa shape index (κ2) is 11.2. The lowest BCUT2D eigenvalue weighted by Gasteiger charge is -2.24. The molecule has 0 spiro atoms. The van der Waals surface area contributed by atoms with Crippen molar-refractivity contribution in [1.82, 2.24) is 9.99 Å². The number of anilines is 1. The Morgan fingerprint density at radius 1 is 0.973 bits per heavy atom. The fourth-order valence-electron chi connectivity index (χ4n) is 3.94. The Hall–Kier alpha value is -3.59. The topological polar surface area (TPSA) is 83.8 Å². The van der Waals surface area contributed by atoms with Crippen molar-refractivity contribution in [3.63, 3.8) is 0 Å². The number of aryl methyl sites for hydroxylation is 1. The van der Waals surface area contributed by atoms with E-state index in [4.69, 9.17) is 23.2 Å². The smallest absolute Gasteiger partial charge is 0.264 e. The van der Waals surface area contributed by atoms with E-state index in [-0.39, 0.29) is 20.6 Å². The Morgan fingerprint density at radius 3 is 2.30 bits per heavy atom. The van der Waals surface area contributed by atoms with Crippen molar-refractivity contribution in [2.75, 3.05) is 10.8 Å². The number of halogens is 2. The number of aromatic nitrogens is 1. The van der Waals surface area contributed by atoms with E-state index in [0.29, 0.717) is 0 Å². The third-order valence-corrected chi connectivity index (χ3v) is 8.28. The van der Waals surface area contributed by atoms with Gasteiger partial charge in [-0.1, -0.05) is 65.7 Å². The normalized spacial score (nSPS) is 11.6. The van der Waals surface area contributed by atoms with Gasteiger partial charge in [-0.15, -0.1) is 0 Å². The van der Waals surface area contributed by atoms with Crippen molar-refractivity contribution >= 4 is 51.0 Å². The zero-order chi connectivity index (χ0) is 26.6. The van der Waals surface area contributed by atoms with Crippen LogP contribution in [-0.4, -0.2) is 31.7 Å². The number of hydrazone groups is 1. The molecule has 0 unspecified atom stereocenters. The second-order valence-corrected chi connectivity index (χ2v) is 10.8. The minimum Gasteiger partial charge on any atom is -0.318 e. The first-order chi connectivity index (χ1) is 17.7. The summed E-state index contributed by atoms with van der Waals surface area (Å²) in [5.41, 5.74) is 6.29. The molecule has 0 saturated heterocycles. The molecule has 7 nitrogen and oxygen atoms in total. The van der Waals surface area contributed by atoms with Gasteiger partial charge in [-0.05, 0) is 56.3 Å². The Bertz CT molecular complexity index is 1550. The summed E-state index contributed by atoms with van der Waals surface area (Å²) in [4.78, 5) is 12.9. The minimum absolute atomic E-state index is 0.00990. The number of nitrogens with zero attached hydrogens (tertiary/aromatic N) is 3. The maximum absolute atomic E-state index is 13.4. The van der Waals surface area contributed by atoms with Crippen LogP contribution < -0.4 is 9.73 Å². The number of amides is 1. The number of benzene rings is 3. The summed E-state index contributed by atoms with van der Waals surface area (Å²) in [6.07, 6.45) is 1.53. The SMILES string of the molecule is Cc1cc(/C=N\NC(=O)CN(c2cccc(Cl)c2Cl)S(=O)(=O)c2ccccc2)c(C)n1-c1ccccc1. The molecule has 1 heterocycles. The van der Waals surface area contributed by atoms with E-state index >= 15 is 0 Å². The summed E-state index contributed by atoms with van der Waals surface area (Å²) in [5, 5.41) is 4.26. The summed E-state index contributed by atoms with van der Waals surface area (Å²) in [7, 11) is -4.13. The van der Waals surface area contributed by atoms with Gasteiger partial charge in [-0.2, -0.15) is 5.10 Å². The predicted molar refractivity (Wildman–Crippen MR) is 148 cm³/mol. The highest BCUT2D eigenvalue weighted by Gasteiger charge is 2.29. The molecular formula is C27H24Cl2N4O3S. The zero-order valence-electron chi connectivity index (χ0n) is 20.1. The summed E-state index contributed by atoms with van der Waals surface area (Å²) in [6.45, 7) is 3.38. The van der Waals surface area contributed by atoms with E-state index < -0.39 is 22.5 Å². The molecule has 0 saturated carbocycles. The largest absolute Gasteiger partial charge is 0.318 e. The van der Waals surface area contributed by atoms with E-state index in [1.54, 1.807) is 24.3 Å². The summed E-state index contributed by atoms with van der Waals surface area (Å²) < 4.78 is 29.9. The van der Waals surface area contributed by atoms with E-state index in [2.05, 4.69) is 15.1 Å². The van der Waals surface area contributed by atoms with Crippen molar-refractivity contribution in [1.29, 1.82) is 0 Å². The number of carbonyl (C=O) groups excluding carboxylic acids is 1. The maximum Gasteiger partial charge on any atom is 0.264 e. The van der Waals surface area contributed by atoms with Crippen LogP contribution in [0, 0.1) is 13.8 Å². The minimum atomic E-state index is -4.13. The molecule has 4 rings (SSSR count). The second-order valence-electron chi connectivity index (χ2n) is 8.19. The van der Waals surface area contributed by atoms with Crippen LogP contribution >= 0.6 is 23.2 Å². The monoisotopic (exact) mass is 554 g/mol. The predicted octanol–water partition coefficient (Wildman–Crippen LogP) is 5.75. The van der Waals surface area contributed by atoms with Crippen molar-refractivity contribution < 1.29 is 13.2 Å². The Kier molecular flexibility index (Phi) is 8.02. The summed E-state index contributed by atoms with van der Waals surface area (Å²) in [5.74, 6) is -0.649. The van der Waals surface area contributed by atoms with Crippen LogP contribution in [0.25, 0.3) is 5.69 Å². The lowest BCUT2D eigenvalue weighted by Crippen LogP contribution is -2.39. The first-order valence-corrected chi connectivity index (χ1v) is 13.5. The van der Waals surface area contributed by atoms with Gasteiger partial charge in [0.05, 0.1) is 26.8 Å². The number of hydrogen-bond donors (Lipinski definition) is 1. The summed E-state index contributed by atoms with van der Waals surface area (Å²) >= 11 is 12.5. The van der Waals surface area contributed by atoms with Crippen LogP contribution in [0.2, 0.25) is 10.0 Å². The van der Waals surface area contributed by atoms with Crippen LogP contribution in [0.5, 0.6) is 0 Å². The molecule has 0 aliphatic rings. The number of carbonyl (C=O) groups is 1. The molecule has 1 amide bonds. The standard InChI is InChI=1S/C27H24Cl2N4O3S/c1-19-16-21(20(2)33(19)22-10-5-3-6-11-22)17-30-31-26(34)18-32(25-15-9-14-24(28)27(25)29)37(35,36)23-12-7-4-8-13-23/h3-17H,18H2,1-2H3,(H,31,34)/b30-17-. The van der Waals surface area contributed by atoms with Crippen molar-refractivity contribution in [3.05, 3.63) is 112 Å². The first kappa shape index (κ1) is 26.5. The highest BCUT2D eigenvalue weighted by molar-refractivity contribution is 7.92. The molecule has 10 heteroatoms. The molecule has 0 atom stereocenters. The van der Waals surface area contributed by atoms with Gasteiger partial charge in [-0.3, -0.25) is 9.10 Å². The molecule has 4 aromatic rings. The fourth-order valence-corrected chi connectivity index (χ4v) is 5.84. The first-order valence-electron chi connectivity index (χ1n) is 11.3. The molecule has 3 aromatic carbocycles. The average Bonchev–Trinajstić information content (AvgIpc) is 3.18. The van der Waals surface area contributed by atoms with Gasteiger partial charge in [0.1, 0.15) is 6.54 Å². The van der Waals surface area contributed by atoms with Gasteiger partial charge < -0.3 is 4.57 Å². The maximum atomic E-state index is 13.4. The van der Waals surface area contributed by atoms with Gasteiger partial charge in [0, 0.05) is 22.6 Å². The third-order valence-electron chi connectivity index (χ3n) is 5.70. The van der Waals surface area contributed by atoms with E-state index in [1.807, 2.05) is 50.2 Å². The van der Waals surface area contributed by atoms with Crippen LogP contribution in [0.3, 0.4) is 0 Å². The number of sulfonamides is 1. The number of para-hydroxylation sites is 1. The zero-order valence-corrected chi connectivity index (χ0v) is 22.4. The molecule has 0 aliphatic heterocycles. The van der Waals surface area contributed by atoms with Gasteiger partial charge in [0.15, 0.2) is 0 Å². The van der Waals surface area contributed by atoms with Crippen molar-refractivity contribution in [2.45, 2.75) is 18.7 Å². The Balaban J connectivity index is 1.58. The van der Waals surface area contributed by atoms with Crippen molar-refractivity contribution in [2.24, 2.45) is 5.10 Å². The molecule has 0 radical (unpaired) electrons. The molecule has 0 fully saturated rings. The fraction of sp³-hybridized carbons (Fsp3) is 0.111. The van der Waals surface area contributed by atoms with Gasteiger partial charge in [0.25, 0.3) is 15.9 Å². The Morgan fingerprint density at radius 2 is 1.62 bits per heavy atom. The number of rotatable bonds is 8. The highest BCUT2D eigenvalue weighted by Crippen LogP contribution is 2.35. The van der Waals surface area contributed by atoms with E-state index in [1.165, 1.54) is 30.5 Å². The van der Waals surface area contributed by atoms with Crippen LogP contribution in [-0.2, 0) is 14.8 Å². The van der Waals surface area contributed by atoms with Gasteiger partial charge >= 0.3 is 0 Å². The Labute approximate surface area is 226 Å². The van der Waals surface area contributed by atoms with Crippen molar-refractivity contribution in [3.8, 4) is 5.69 Å². The molecule has 1 N–H and O–H groups in total. The molecule has 0 aliphatic carbocycles. The molecular weight excluding hydrogens is 531 g/mol. The molecule has 1 aromatic heterocycles. The lowest BCUT2D eigenvalue weighted by atomic mass is 10.2. The molecule has 0 bridgehead atoms. The molecule has 190 valence electrons. The van der Waals surface area contributed by atoms with Crippen LogP contribution in [0.4, 0.5) is 5.69 Å². The summed E-state index contributed by atoms with van der Waals surface area (Å²) in [6, 6.07) is 24.2. The van der Waals surface area contributed by atoms with Crippen LogP contribution in [0.15, 0.2) is 94.9 Å². The quantitative estimate of drug-likeness (QED) is 0.222.